The van der Waals surface area contributed by atoms with E-state index in [4.69, 9.17) is 4.74 Å². The highest BCUT2D eigenvalue weighted by Crippen LogP contribution is 2.10. The molecule has 0 aliphatic carbocycles. The van der Waals surface area contributed by atoms with E-state index in [0.717, 1.165) is 32.1 Å². The standard InChI is InChI=1S/C14H22N4O3/c1-2-21-13(20)10-12(19)11-17-6-8-18(9-7-17)14-15-4-3-5-16-14/h3-5,12,19H,2,6-11H2,1H3. The van der Waals surface area contributed by atoms with Gasteiger partial charge in [0.05, 0.1) is 19.1 Å². The van der Waals surface area contributed by atoms with Gasteiger partial charge in [0.15, 0.2) is 0 Å². The summed E-state index contributed by atoms with van der Waals surface area (Å²) in [4.78, 5) is 24.0. The van der Waals surface area contributed by atoms with Gasteiger partial charge in [0, 0.05) is 45.1 Å². The van der Waals surface area contributed by atoms with Crippen molar-refractivity contribution in [1.29, 1.82) is 0 Å². The molecular formula is C14H22N4O3. The van der Waals surface area contributed by atoms with E-state index in [9.17, 15) is 9.90 Å². The average Bonchev–Trinajstić information content (AvgIpc) is 2.49. The van der Waals surface area contributed by atoms with Crippen molar-refractivity contribution in [2.45, 2.75) is 19.4 Å². The molecule has 0 spiro atoms. The average molecular weight is 294 g/mol. The van der Waals surface area contributed by atoms with Gasteiger partial charge < -0.3 is 14.7 Å². The maximum atomic E-state index is 11.3. The smallest absolute Gasteiger partial charge is 0.308 e. The molecule has 0 saturated carbocycles. The van der Waals surface area contributed by atoms with E-state index in [1.807, 2.05) is 0 Å². The predicted molar refractivity (Wildman–Crippen MR) is 77.9 cm³/mol. The van der Waals surface area contributed by atoms with E-state index in [1.54, 1.807) is 25.4 Å². The zero-order chi connectivity index (χ0) is 15.1. The Morgan fingerprint density at radius 1 is 1.33 bits per heavy atom. The number of piperazine rings is 1. The highest BCUT2D eigenvalue weighted by Gasteiger charge is 2.21. The van der Waals surface area contributed by atoms with E-state index in [1.165, 1.54) is 0 Å². The lowest BCUT2D eigenvalue weighted by Gasteiger charge is -2.35. The fraction of sp³-hybridized carbons (Fsp3) is 0.643. The van der Waals surface area contributed by atoms with Crippen molar-refractivity contribution in [2.75, 3.05) is 44.2 Å². The number of nitrogens with zero attached hydrogens (tertiary/aromatic N) is 4. The van der Waals surface area contributed by atoms with Gasteiger partial charge in [-0.05, 0) is 13.0 Å². The first kappa shape index (κ1) is 15.7. The molecule has 1 aliphatic rings. The van der Waals surface area contributed by atoms with Crippen LogP contribution in [0.25, 0.3) is 0 Å². The second kappa shape index (κ2) is 7.90. The number of carbonyl (C=O) groups excluding carboxylic acids is 1. The zero-order valence-corrected chi connectivity index (χ0v) is 12.3. The SMILES string of the molecule is CCOC(=O)CC(O)CN1CCN(c2ncccn2)CC1. The normalized spacial score (nSPS) is 17.5. The fourth-order valence-electron chi connectivity index (χ4n) is 2.36. The highest BCUT2D eigenvalue weighted by atomic mass is 16.5. The minimum absolute atomic E-state index is 0.0514. The molecule has 0 radical (unpaired) electrons. The molecule has 1 unspecified atom stereocenters. The van der Waals surface area contributed by atoms with Crippen molar-refractivity contribution >= 4 is 11.9 Å². The van der Waals surface area contributed by atoms with E-state index in [2.05, 4.69) is 19.8 Å². The summed E-state index contributed by atoms with van der Waals surface area (Å²) in [7, 11) is 0. The number of anilines is 1. The number of ether oxygens (including phenoxy) is 1. The van der Waals surface area contributed by atoms with Gasteiger partial charge in [-0.25, -0.2) is 9.97 Å². The third kappa shape index (κ3) is 4.95. The summed E-state index contributed by atoms with van der Waals surface area (Å²) < 4.78 is 4.83. The molecule has 1 fully saturated rings. The van der Waals surface area contributed by atoms with Crippen molar-refractivity contribution in [3.63, 3.8) is 0 Å². The summed E-state index contributed by atoms with van der Waals surface area (Å²) in [6.07, 6.45) is 2.84. The van der Waals surface area contributed by atoms with Gasteiger partial charge >= 0.3 is 5.97 Å². The summed E-state index contributed by atoms with van der Waals surface area (Å²) in [6, 6.07) is 1.80. The topological polar surface area (TPSA) is 78.8 Å². The molecule has 0 aromatic carbocycles. The van der Waals surface area contributed by atoms with Crippen LogP contribution in [0.3, 0.4) is 0 Å². The Morgan fingerprint density at radius 3 is 2.62 bits per heavy atom. The monoisotopic (exact) mass is 294 g/mol. The number of aliphatic hydroxyl groups excluding tert-OH is 1. The van der Waals surface area contributed by atoms with E-state index < -0.39 is 6.10 Å². The zero-order valence-electron chi connectivity index (χ0n) is 12.3. The van der Waals surface area contributed by atoms with Crippen LogP contribution in [-0.2, 0) is 9.53 Å². The van der Waals surface area contributed by atoms with Crippen LogP contribution in [0.15, 0.2) is 18.5 Å². The lowest BCUT2D eigenvalue weighted by atomic mass is 10.2. The van der Waals surface area contributed by atoms with Crippen molar-refractivity contribution in [3.8, 4) is 0 Å². The van der Waals surface area contributed by atoms with Crippen LogP contribution >= 0.6 is 0 Å². The van der Waals surface area contributed by atoms with Crippen LogP contribution in [0, 0.1) is 0 Å². The molecule has 1 aromatic rings. The second-order valence-electron chi connectivity index (χ2n) is 5.00. The van der Waals surface area contributed by atoms with Crippen molar-refractivity contribution in [1.82, 2.24) is 14.9 Å². The van der Waals surface area contributed by atoms with E-state index in [0.29, 0.717) is 13.2 Å². The lowest BCUT2D eigenvalue weighted by Crippen LogP contribution is -2.49. The molecule has 7 heteroatoms. The van der Waals surface area contributed by atoms with Gasteiger partial charge in [-0.2, -0.15) is 0 Å². The van der Waals surface area contributed by atoms with Crippen LogP contribution < -0.4 is 4.90 Å². The largest absolute Gasteiger partial charge is 0.466 e. The Kier molecular flexibility index (Phi) is 5.89. The Balaban J connectivity index is 1.73. The molecule has 21 heavy (non-hydrogen) atoms. The number of aromatic nitrogens is 2. The van der Waals surface area contributed by atoms with Gasteiger partial charge in [-0.1, -0.05) is 0 Å². The number of carbonyl (C=O) groups is 1. The Bertz CT molecular complexity index is 435. The molecule has 1 N–H and O–H groups in total. The predicted octanol–water partition coefficient (Wildman–Crippen LogP) is -0.0873. The van der Waals surface area contributed by atoms with Gasteiger partial charge in [0.25, 0.3) is 0 Å². The second-order valence-corrected chi connectivity index (χ2v) is 5.00. The molecule has 1 aliphatic heterocycles. The first-order valence-electron chi connectivity index (χ1n) is 7.27. The third-order valence-corrected chi connectivity index (χ3v) is 3.38. The molecule has 0 amide bonds. The van der Waals surface area contributed by atoms with Gasteiger partial charge in [-0.15, -0.1) is 0 Å². The minimum Gasteiger partial charge on any atom is -0.466 e. The fourth-order valence-corrected chi connectivity index (χ4v) is 2.36. The minimum atomic E-state index is -0.677. The molecule has 7 nitrogen and oxygen atoms in total. The number of aliphatic hydroxyl groups is 1. The van der Waals surface area contributed by atoms with E-state index >= 15 is 0 Å². The van der Waals surface area contributed by atoms with Crippen LogP contribution in [-0.4, -0.2) is 71.4 Å². The van der Waals surface area contributed by atoms with Crippen molar-refractivity contribution in [2.24, 2.45) is 0 Å². The summed E-state index contributed by atoms with van der Waals surface area (Å²) in [6.45, 7) is 5.86. The number of hydrogen-bond donors (Lipinski definition) is 1. The molecule has 1 saturated heterocycles. The summed E-state index contributed by atoms with van der Waals surface area (Å²) in [5.41, 5.74) is 0. The maximum absolute atomic E-state index is 11.3. The van der Waals surface area contributed by atoms with Crippen molar-refractivity contribution in [3.05, 3.63) is 18.5 Å². The third-order valence-electron chi connectivity index (χ3n) is 3.38. The number of hydrogen-bond acceptors (Lipinski definition) is 7. The number of β-amino-alcohol motifs (C(OH)–C–C–N with tert-alkyl or cyclic N) is 1. The Labute approximate surface area is 124 Å². The molecule has 2 rings (SSSR count). The molecule has 2 heterocycles. The molecule has 116 valence electrons. The maximum Gasteiger partial charge on any atom is 0.308 e. The number of rotatable bonds is 6. The Hall–Kier alpha value is -1.73. The lowest BCUT2D eigenvalue weighted by molar-refractivity contribution is -0.145. The molecular weight excluding hydrogens is 272 g/mol. The first-order chi connectivity index (χ1) is 10.2. The molecule has 1 aromatic heterocycles. The first-order valence-corrected chi connectivity index (χ1v) is 7.27. The molecule has 1 atom stereocenters. The summed E-state index contributed by atoms with van der Waals surface area (Å²) in [5.74, 6) is 0.394. The Morgan fingerprint density at radius 2 is 2.00 bits per heavy atom. The van der Waals surface area contributed by atoms with Crippen LogP contribution in [0.5, 0.6) is 0 Å². The van der Waals surface area contributed by atoms with Crippen LogP contribution in [0.1, 0.15) is 13.3 Å². The van der Waals surface area contributed by atoms with Gasteiger partial charge in [0.2, 0.25) is 5.95 Å². The quantitative estimate of drug-likeness (QED) is 0.735. The summed E-state index contributed by atoms with van der Waals surface area (Å²) in [5, 5.41) is 9.90. The summed E-state index contributed by atoms with van der Waals surface area (Å²) >= 11 is 0. The van der Waals surface area contributed by atoms with E-state index in [-0.39, 0.29) is 12.4 Å². The highest BCUT2D eigenvalue weighted by molar-refractivity contribution is 5.69. The molecule has 0 bridgehead atoms. The van der Waals surface area contributed by atoms with Gasteiger partial charge in [-0.3, -0.25) is 9.69 Å². The van der Waals surface area contributed by atoms with Crippen LogP contribution in [0.4, 0.5) is 5.95 Å². The van der Waals surface area contributed by atoms with Crippen LogP contribution in [0.2, 0.25) is 0 Å². The van der Waals surface area contributed by atoms with Crippen molar-refractivity contribution < 1.29 is 14.6 Å². The number of esters is 1. The van der Waals surface area contributed by atoms with Gasteiger partial charge in [0.1, 0.15) is 0 Å².